The Hall–Kier alpha value is -9.39. The van der Waals surface area contributed by atoms with Gasteiger partial charge in [0, 0.05) is 94.1 Å². The van der Waals surface area contributed by atoms with Gasteiger partial charge in [-0.05, 0) is 280 Å². The fraction of sp³-hybridized carbons (Fsp3) is 0.567. The van der Waals surface area contributed by atoms with Gasteiger partial charge < -0.3 is 77.3 Å². The molecule has 114 heavy (non-hydrogen) atoms. The molecule has 15 rings (SSSR count). The number of aryl methyl sites for hydroxylation is 3. The highest BCUT2D eigenvalue weighted by atomic mass is 16.2. The monoisotopic (exact) mass is 1560 g/mol. The molecule has 9 N–H and O–H groups in total. The van der Waals surface area contributed by atoms with Crippen LogP contribution in [0.5, 0.6) is 0 Å². The van der Waals surface area contributed by atoms with Gasteiger partial charge in [0.1, 0.15) is 17.5 Å². The highest BCUT2D eigenvalue weighted by Gasteiger charge is 2.41. The fourth-order valence-electron chi connectivity index (χ4n) is 20.1. The van der Waals surface area contributed by atoms with E-state index < -0.39 is 35.4 Å². The lowest BCUT2D eigenvalue weighted by atomic mass is 9.84. The quantitative estimate of drug-likeness (QED) is 0.0621. The number of aromatic nitrogens is 3. The van der Waals surface area contributed by atoms with E-state index in [1.165, 1.54) is 113 Å². The molecule has 9 saturated heterocycles. The lowest BCUT2D eigenvalue weighted by Gasteiger charge is -2.46. The summed E-state index contributed by atoms with van der Waals surface area (Å²) in [6, 6.07) is 33.4. The second kappa shape index (κ2) is 37.5. The van der Waals surface area contributed by atoms with Crippen LogP contribution in [0.1, 0.15) is 189 Å². The molecule has 0 spiro atoms. The molecule has 0 bridgehead atoms. The van der Waals surface area contributed by atoms with Crippen molar-refractivity contribution >= 4 is 87.0 Å². The molecule has 9 fully saturated rings. The summed E-state index contributed by atoms with van der Waals surface area (Å²) < 4.78 is 0. The molecule has 6 aromatic rings. The number of hydrogen-bond donors (Lipinski definition) is 6. The first-order valence-electron chi connectivity index (χ1n) is 42.8. The topological polar surface area (TPSA) is 284 Å². The Morgan fingerprint density at radius 2 is 0.623 bits per heavy atom. The van der Waals surface area contributed by atoms with Gasteiger partial charge in [-0.2, -0.15) is 0 Å². The minimum absolute atomic E-state index is 0.105. The van der Waals surface area contributed by atoms with Crippen LogP contribution in [0, 0.1) is 35.5 Å². The zero-order valence-corrected chi connectivity index (χ0v) is 69.1. The predicted octanol–water partition coefficient (Wildman–Crippen LogP) is 12.3. The third-order valence-corrected chi connectivity index (χ3v) is 26.7. The third-order valence-electron chi connectivity index (χ3n) is 26.7. The van der Waals surface area contributed by atoms with Crippen LogP contribution in [-0.2, 0) is 48.0 Å². The molecule has 24 heteroatoms. The molecule has 3 aromatic carbocycles. The van der Waals surface area contributed by atoms with Gasteiger partial charge in [0.2, 0.25) is 0 Å². The fourth-order valence-corrected chi connectivity index (χ4v) is 20.1. The van der Waals surface area contributed by atoms with E-state index in [0.29, 0.717) is 109 Å². The predicted molar refractivity (Wildman–Crippen MR) is 456 cm³/mol. The van der Waals surface area contributed by atoms with E-state index in [0.717, 1.165) is 129 Å². The van der Waals surface area contributed by atoms with Crippen molar-refractivity contribution in [3.05, 3.63) is 143 Å². The van der Waals surface area contributed by atoms with Crippen LogP contribution in [0.2, 0.25) is 0 Å². The normalized spacial score (nSPS) is 26.1. The number of anilines is 9. The molecule has 0 unspecified atom stereocenters. The Morgan fingerprint density at radius 3 is 0.877 bits per heavy atom. The molecule has 0 radical (unpaired) electrons. The molecule has 12 heterocycles. The Labute approximate surface area is 676 Å². The molecule has 24 nitrogen and oxygen atoms in total. The van der Waals surface area contributed by atoms with Crippen LogP contribution >= 0.6 is 0 Å². The second-order valence-electron chi connectivity index (χ2n) is 34.5. The lowest BCUT2D eigenvalue weighted by Crippen LogP contribution is -2.52. The van der Waals surface area contributed by atoms with Crippen molar-refractivity contribution in [2.75, 3.05) is 148 Å². The number of nitrogens with two attached hydrogens (primary N) is 3. The Morgan fingerprint density at radius 1 is 0.360 bits per heavy atom. The summed E-state index contributed by atoms with van der Waals surface area (Å²) in [6.07, 6.45) is 23.7. The van der Waals surface area contributed by atoms with E-state index in [-0.39, 0.29) is 18.1 Å². The maximum Gasteiger partial charge on any atom is 0.313 e. The van der Waals surface area contributed by atoms with Crippen LogP contribution < -0.4 is 47.9 Å². The average Bonchev–Trinajstić information content (AvgIpc) is 0.800. The highest BCUT2D eigenvalue weighted by molar-refractivity contribution is 6.40. The number of nitrogens with zero attached hydrogens (tertiary/aromatic N) is 12. The van der Waals surface area contributed by atoms with Crippen LogP contribution in [-0.4, -0.2) is 198 Å². The molecule has 612 valence electrons. The number of carbonyl (C=O) groups is 6. The van der Waals surface area contributed by atoms with Crippen molar-refractivity contribution in [3.8, 4) is 0 Å². The highest BCUT2D eigenvalue weighted by Crippen LogP contribution is 2.42. The van der Waals surface area contributed by atoms with Gasteiger partial charge in [-0.25, -0.2) is 15.0 Å². The van der Waals surface area contributed by atoms with Crippen LogP contribution in [0.4, 0.5) is 51.6 Å². The van der Waals surface area contributed by atoms with Gasteiger partial charge in [0.05, 0.1) is 53.8 Å². The van der Waals surface area contributed by atoms with E-state index in [4.69, 9.17) is 17.2 Å². The van der Waals surface area contributed by atoms with Gasteiger partial charge in [-0.3, -0.25) is 28.8 Å². The lowest BCUT2D eigenvalue weighted by molar-refractivity contribution is -0.146. The Kier molecular flexibility index (Phi) is 27.2. The number of hydrogen-bond acceptors (Lipinski definition) is 18. The van der Waals surface area contributed by atoms with Crippen molar-refractivity contribution in [1.29, 1.82) is 0 Å². The number of likely N-dealkylation sites (tertiary alicyclic amines) is 6. The van der Waals surface area contributed by atoms with Gasteiger partial charge in [0.15, 0.2) is 0 Å². The molecule has 6 amide bonds. The number of nitrogens with one attached hydrogen (secondary N) is 3. The largest absolute Gasteiger partial charge is 0.383 e. The van der Waals surface area contributed by atoms with Crippen molar-refractivity contribution in [2.45, 2.75) is 193 Å². The number of carbonyl (C=O) groups excluding carboxylic acids is 6. The average molecular weight is 1560 g/mol. The Bertz CT molecular complexity index is 3890. The van der Waals surface area contributed by atoms with Gasteiger partial charge in [0.25, 0.3) is 0 Å². The Balaban J connectivity index is 0.000000149. The molecule has 9 aliphatic heterocycles. The summed E-state index contributed by atoms with van der Waals surface area (Å²) in [4.78, 5) is 112. The smallest absolute Gasteiger partial charge is 0.313 e. The minimum atomic E-state index is -0.630. The number of amides is 6. The number of benzene rings is 3. The van der Waals surface area contributed by atoms with E-state index in [1.54, 1.807) is 32.9 Å². The molecular formula is C90H126N18O6. The van der Waals surface area contributed by atoms with Crippen LogP contribution in [0.25, 0.3) is 0 Å². The first-order valence-corrected chi connectivity index (χ1v) is 42.8. The number of rotatable bonds is 12. The van der Waals surface area contributed by atoms with Crippen molar-refractivity contribution in [1.82, 2.24) is 44.4 Å². The number of nitrogen functional groups attached to an aromatic ring is 3. The summed E-state index contributed by atoms with van der Waals surface area (Å²) in [5, 5.41) is 8.24. The maximum atomic E-state index is 13.4. The molecular weight excluding hydrogens is 1430 g/mol. The van der Waals surface area contributed by atoms with E-state index in [9.17, 15) is 28.8 Å². The third kappa shape index (κ3) is 19.4. The standard InChI is InChI=1S/3C30H42N6O2/c3*1-4-21-16-24(17-32-28(21)31)33-29(37)30(38)36-18-20(2)7-12-27(36)22-8-10-25(11-9-22)35-15-13-26-23(19-35)6-5-14-34(26)3/h3*8-11,16-17,20,23,26-27H,4-7,12-15,18-19H2,1-3H3,(H2,31,32)(H,33,37)/t20-,23+,26-,27+;2*20-,23-,26+,27+/m000/s1. The van der Waals surface area contributed by atoms with Crippen LogP contribution in [0.3, 0.4) is 0 Å². The molecule has 0 saturated carbocycles. The van der Waals surface area contributed by atoms with E-state index in [2.05, 4.69) is 175 Å². The SMILES string of the molecule is CCc1cc(NC(=O)C(=O)N2C[C@@H](C)CC[C@@H]2c2ccc(N3CC[C@@H]4[C@@H](CCCN4C)C3)cc2)cnc1N.CCc1cc(NC(=O)C(=O)N2C[C@@H](C)CC[C@@H]2c2ccc(N3CC[C@@H]4[C@@H](CCCN4C)C3)cc2)cnc1N.CCc1cc(NC(=O)C(=O)N2C[C@@H](C)CC[C@@H]2c2ccc(N3CC[C@H]4[C@H](CCCN4C)C3)cc2)cnc1N. The summed E-state index contributed by atoms with van der Waals surface area (Å²) in [6.45, 7) is 24.3. The van der Waals surface area contributed by atoms with Crippen LogP contribution in [0.15, 0.2) is 110 Å². The number of pyridine rings is 3. The maximum absolute atomic E-state index is 13.4. The molecule has 9 aliphatic rings. The van der Waals surface area contributed by atoms with Crippen molar-refractivity contribution in [2.24, 2.45) is 35.5 Å². The zero-order chi connectivity index (χ0) is 80.4. The second-order valence-corrected chi connectivity index (χ2v) is 34.5. The number of piperidine rings is 9. The summed E-state index contributed by atoms with van der Waals surface area (Å²) >= 11 is 0. The van der Waals surface area contributed by atoms with Crippen molar-refractivity contribution in [3.63, 3.8) is 0 Å². The van der Waals surface area contributed by atoms with E-state index in [1.807, 2.05) is 20.8 Å². The summed E-state index contributed by atoms with van der Waals surface area (Å²) in [7, 11) is 6.82. The summed E-state index contributed by atoms with van der Waals surface area (Å²) in [5.74, 6) is 1.21. The van der Waals surface area contributed by atoms with E-state index >= 15 is 0 Å². The first-order chi connectivity index (χ1) is 55.0. The van der Waals surface area contributed by atoms with Gasteiger partial charge >= 0.3 is 35.4 Å². The molecule has 3 aromatic heterocycles. The first kappa shape index (κ1) is 82.6. The summed E-state index contributed by atoms with van der Waals surface area (Å²) in [5.41, 5.74) is 28.7. The zero-order valence-electron chi connectivity index (χ0n) is 69.1. The minimum Gasteiger partial charge on any atom is -0.383 e. The molecule has 0 aliphatic carbocycles. The van der Waals surface area contributed by atoms with Gasteiger partial charge in [-0.1, -0.05) is 77.9 Å². The van der Waals surface area contributed by atoms with Crippen molar-refractivity contribution < 1.29 is 28.8 Å². The number of fused-ring (bicyclic) bond motifs is 3. The van der Waals surface area contributed by atoms with Gasteiger partial charge in [-0.15, -0.1) is 0 Å². The molecule has 12 atom stereocenters.